The van der Waals surface area contributed by atoms with Crippen LogP contribution < -0.4 is 10.0 Å². The van der Waals surface area contributed by atoms with Crippen molar-refractivity contribution in [2.75, 3.05) is 18.5 Å². The Morgan fingerprint density at radius 2 is 1.90 bits per heavy atom. The smallest absolute Gasteiger partial charge is 0.338 e. The number of anilines is 1. The lowest BCUT2D eigenvalue weighted by atomic mass is 10.2. The van der Waals surface area contributed by atoms with E-state index in [1.54, 1.807) is 24.3 Å². The summed E-state index contributed by atoms with van der Waals surface area (Å²) in [6, 6.07) is 12.0. The third-order valence-electron chi connectivity index (χ3n) is 4.71. The highest BCUT2D eigenvalue weighted by Crippen LogP contribution is 2.21. The van der Waals surface area contributed by atoms with Crippen LogP contribution in [-0.2, 0) is 24.3 Å². The molecule has 0 unspecified atom stereocenters. The fraction of sp³-hybridized carbons (Fsp3) is 0.333. The normalized spacial score (nSPS) is 17.2. The minimum atomic E-state index is -3.72. The number of rotatable bonds is 8. The molecule has 2 N–H and O–H groups in total. The first-order chi connectivity index (χ1) is 14.8. The molecule has 1 heterocycles. The van der Waals surface area contributed by atoms with Gasteiger partial charge in [-0.2, -0.15) is 0 Å². The summed E-state index contributed by atoms with van der Waals surface area (Å²) in [4.78, 5) is 24.6. The number of carbonyl (C=O) groups is 2. The van der Waals surface area contributed by atoms with Crippen molar-refractivity contribution in [3.63, 3.8) is 0 Å². The van der Waals surface area contributed by atoms with E-state index in [9.17, 15) is 18.0 Å². The Morgan fingerprint density at radius 1 is 1.19 bits per heavy atom. The van der Waals surface area contributed by atoms with Gasteiger partial charge < -0.3 is 14.8 Å². The summed E-state index contributed by atoms with van der Waals surface area (Å²) in [6.07, 6.45) is 0.524. The standard InChI is InChI=1S/C21H23ClN2O6S/c1-14(20(25)24-19-7-3-2-6-18(19)22)30-21(26)15-8-10-17(11-9-15)31(27,28)23-13-16-5-4-12-29-16/h2-3,6-11,14,16,23H,4-5,12-13H2,1H3,(H,24,25)/t14-,16+/m1/s1. The second-order valence-corrected chi connectivity index (χ2v) is 9.20. The molecule has 0 saturated carbocycles. The number of sulfonamides is 1. The van der Waals surface area contributed by atoms with Gasteiger partial charge in [0.15, 0.2) is 6.10 Å². The van der Waals surface area contributed by atoms with E-state index in [2.05, 4.69) is 10.0 Å². The molecule has 1 aliphatic rings. The summed E-state index contributed by atoms with van der Waals surface area (Å²) < 4.78 is 37.9. The molecule has 166 valence electrons. The van der Waals surface area contributed by atoms with Crippen molar-refractivity contribution in [3.8, 4) is 0 Å². The van der Waals surface area contributed by atoms with Crippen LogP contribution in [0.25, 0.3) is 0 Å². The molecule has 31 heavy (non-hydrogen) atoms. The fourth-order valence-corrected chi connectivity index (χ4v) is 4.19. The summed E-state index contributed by atoms with van der Waals surface area (Å²) in [7, 11) is -3.72. The molecule has 2 atom stereocenters. The van der Waals surface area contributed by atoms with E-state index in [0.29, 0.717) is 17.3 Å². The Morgan fingerprint density at radius 3 is 2.55 bits per heavy atom. The van der Waals surface area contributed by atoms with Crippen LogP contribution in [-0.4, -0.2) is 45.7 Å². The zero-order chi connectivity index (χ0) is 22.4. The molecule has 0 bridgehead atoms. The number of benzene rings is 2. The number of ether oxygens (including phenoxy) is 2. The Hall–Kier alpha value is -2.46. The molecule has 0 spiro atoms. The van der Waals surface area contributed by atoms with Crippen LogP contribution in [0.15, 0.2) is 53.4 Å². The van der Waals surface area contributed by atoms with Crippen LogP contribution in [0.5, 0.6) is 0 Å². The lowest BCUT2D eigenvalue weighted by molar-refractivity contribution is -0.123. The van der Waals surface area contributed by atoms with Gasteiger partial charge in [-0.3, -0.25) is 4.79 Å². The van der Waals surface area contributed by atoms with Gasteiger partial charge in [0.05, 0.1) is 27.3 Å². The van der Waals surface area contributed by atoms with E-state index in [0.717, 1.165) is 12.8 Å². The quantitative estimate of drug-likeness (QED) is 0.578. The Kier molecular flexibility index (Phi) is 7.66. The van der Waals surface area contributed by atoms with E-state index in [1.807, 2.05) is 0 Å². The zero-order valence-electron chi connectivity index (χ0n) is 16.8. The first kappa shape index (κ1) is 23.2. The molecule has 2 aromatic rings. The van der Waals surface area contributed by atoms with Gasteiger partial charge in [0, 0.05) is 13.2 Å². The number of esters is 1. The number of para-hydroxylation sites is 1. The first-order valence-corrected chi connectivity index (χ1v) is 11.6. The number of hydrogen-bond donors (Lipinski definition) is 2. The largest absolute Gasteiger partial charge is 0.449 e. The SMILES string of the molecule is C[C@@H](OC(=O)c1ccc(S(=O)(=O)NC[C@@H]2CCCO2)cc1)C(=O)Nc1ccccc1Cl. The number of nitrogens with one attached hydrogen (secondary N) is 2. The summed E-state index contributed by atoms with van der Waals surface area (Å²) >= 11 is 6.00. The van der Waals surface area contributed by atoms with Crippen molar-refractivity contribution < 1.29 is 27.5 Å². The Bertz CT molecular complexity index is 1040. The van der Waals surface area contributed by atoms with Crippen molar-refractivity contribution in [3.05, 3.63) is 59.1 Å². The van der Waals surface area contributed by atoms with E-state index in [-0.39, 0.29) is 23.1 Å². The second kappa shape index (κ2) is 10.2. The monoisotopic (exact) mass is 466 g/mol. The van der Waals surface area contributed by atoms with Crippen LogP contribution in [0.4, 0.5) is 5.69 Å². The highest BCUT2D eigenvalue weighted by Gasteiger charge is 2.22. The predicted octanol–water partition coefficient (Wildman–Crippen LogP) is 2.98. The number of halogens is 1. The fourth-order valence-electron chi connectivity index (χ4n) is 2.94. The van der Waals surface area contributed by atoms with Gasteiger partial charge in [0.25, 0.3) is 5.91 Å². The summed E-state index contributed by atoms with van der Waals surface area (Å²) in [6.45, 7) is 2.26. The Balaban J connectivity index is 1.56. The third kappa shape index (κ3) is 6.27. The maximum absolute atomic E-state index is 12.4. The zero-order valence-corrected chi connectivity index (χ0v) is 18.4. The van der Waals surface area contributed by atoms with Gasteiger partial charge in [-0.05, 0) is 56.2 Å². The van der Waals surface area contributed by atoms with E-state index >= 15 is 0 Å². The third-order valence-corrected chi connectivity index (χ3v) is 6.48. The number of amides is 1. The molecule has 1 amide bonds. The molecule has 10 heteroatoms. The predicted molar refractivity (Wildman–Crippen MR) is 116 cm³/mol. The topological polar surface area (TPSA) is 111 Å². The van der Waals surface area contributed by atoms with Crippen molar-refractivity contribution in [1.29, 1.82) is 0 Å². The number of hydrogen-bond acceptors (Lipinski definition) is 6. The van der Waals surface area contributed by atoms with Crippen molar-refractivity contribution >= 4 is 39.2 Å². The van der Waals surface area contributed by atoms with Crippen molar-refractivity contribution in [1.82, 2.24) is 4.72 Å². The van der Waals surface area contributed by atoms with E-state index in [4.69, 9.17) is 21.1 Å². The van der Waals surface area contributed by atoms with Gasteiger partial charge in [0.1, 0.15) is 0 Å². The molecule has 3 rings (SSSR count). The first-order valence-electron chi connectivity index (χ1n) is 9.74. The van der Waals surface area contributed by atoms with Gasteiger partial charge in [-0.25, -0.2) is 17.9 Å². The molecule has 2 aromatic carbocycles. The molecule has 0 aliphatic carbocycles. The van der Waals surface area contributed by atoms with Crippen LogP contribution in [0.1, 0.15) is 30.1 Å². The summed E-state index contributed by atoms with van der Waals surface area (Å²) in [5.41, 5.74) is 0.526. The molecule has 1 aliphatic heterocycles. The molecular weight excluding hydrogens is 444 g/mol. The van der Waals surface area contributed by atoms with Gasteiger partial charge >= 0.3 is 5.97 Å². The highest BCUT2D eigenvalue weighted by atomic mass is 35.5. The van der Waals surface area contributed by atoms with E-state index in [1.165, 1.54) is 31.2 Å². The molecule has 1 saturated heterocycles. The lowest BCUT2D eigenvalue weighted by Crippen LogP contribution is -2.32. The molecule has 0 aromatic heterocycles. The van der Waals surface area contributed by atoms with Crippen LogP contribution >= 0.6 is 11.6 Å². The minimum absolute atomic E-state index is 0.0200. The second-order valence-electron chi connectivity index (χ2n) is 7.03. The minimum Gasteiger partial charge on any atom is -0.449 e. The van der Waals surface area contributed by atoms with Crippen molar-refractivity contribution in [2.24, 2.45) is 0 Å². The maximum Gasteiger partial charge on any atom is 0.338 e. The molecule has 1 fully saturated rings. The van der Waals surface area contributed by atoms with Gasteiger partial charge in [0.2, 0.25) is 10.0 Å². The Labute approximate surface area is 185 Å². The van der Waals surface area contributed by atoms with Gasteiger partial charge in [-0.15, -0.1) is 0 Å². The summed E-state index contributed by atoms with van der Waals surface area (Å²) in [5.74, 6) is -1.29. The summed E-state index contributed by atoms with van der Waals surface area (Å²) in [5, 5.41) is 2.95. The van der Waals surface area contributed by atoms with E-state index < -0.39 is 28.0 Å². The lowest BCUT2D eigenvalue weighted by Gasteiger charge is -2.14. The van der Waals surface area contributed by atoms with Crippen molar-refractivity contribution in [2.45, 2.75) is 36.9 Å². The van der Waals surface area contributed by atoms with Crippen LogP contribution in [0.2, 0.25) is 5.02 Å². The molecule has 0 radical (unpaired) electrons. The van der Waals surface area contributed by atoms with Gasteiger partial charge in [-0.1, -0.05) is 23.7 Å². The highest BCUT2D eigenvalue weighted by molar-refractivity contribution is 7.89. The molecular formula is C21H23ClN2O6S. The molecule has 8 nitrogen and oxygen atoms in total. The van der Waals surface area contributed by atoms with Crippen LogP contribution in [0, 0.1) is 0 Å². The number of carbonyl (C=O) groups excluding carboxylic acids is 2. The average molecular weight is 467 g/mol. The maximum atomic E-state index is 12.4. The van der Waals surface area contributed by atoms with Crippen LogP contribution in [0.3, 0.4) is 0 Å². The average Bonchev–Trinajstić information content (AvgIpc) is 3.28.